The molecule has 9 heteroatoms. The average Bonchev–Trinajstić information content (AvgIpc) is 2.81. The predicted octanol–water partition coefficient (Wildman–Crippen LogP) is 3.74. The van der Waals surface area contributed by atoms with Gasteiger partial charge in [0.1, 0.15) is 11.9 Å². The van der Waals surface area contributed by atoms with Gasteiger partial charge < -0.3 is 9.64 Å². The Kier molecular flexibility index (Phi) is 6.99. The van der Waals surface area contributed by atoms with E-state index in [1.165, 1.54) is 10.4 Å². The molecule has 0 bridgehead atoms. The van der Waals surface area contributed by atoms with E-state index in [9.17, 15) is 22.0 Å². The van der Waals surface area contributed by atoms with Crippen molar-refractivity contribution in [1.82, 2.24) is 9.21 Å². The number of hydrogen-bond acceptors (Lipinski definition) is 4. The van der Waals surface area contributed by atoms with E-state index in [0.29, 0.717) is 51.9 Å². The second-order valence-corrected chi connectivity index (χ2v) is 10.6. The zero-order chi connectivity index (χ0) is 23.6. The van der Waals surface area contributed by atoms with Crippen molar-refractivity contribution in [3.05, 3.63) is 59.7 Å². The Hall–Kier alpha value is -2.52. The van der Waals surface area contributed by atoms with Gasteiger partial charge in [-0.3, -0.25) is 4.79 Å². The van der Waals surface area contributed by atoms with Gasteiger partial charge in [0.15, 0.2) is 11.6 Å². The predicted molar refractivity (Wildman–Crippen MR) is 119 cm³/mol. The first kappa shape index (κ1) is 23.6. The first-order valence-corrected chi connectivity index (χ1v) is 12.7. The smallest absolute Gasteiger partial charge is 0.243 e. The summed E-state index contributed by atoms with van der Waals surface area (Å²) in [7, 11) is -3.56. The number of halogens is 2. The summed E-state index contributed by atoms with van der Waals surface area (Å²) in [5, 5.41) is 0. The van der Waals surface area contributed by atoms with Crippen LogP contribution in [0, 0.1) is 24.5 Å². The monoisotopic (exact) mass is 478 g/mol. The number of piperidine rings is 2. The molecule has 0 radical (unpaired) electrons. The molecule has 0 N–H and O–H groups in total. The third kappa shape index (κ3) is 5.35. The molecule has 33 heavy (non-hydrogen) atoms. The van der Waals surface area contributed by atoms with E-state index in [-0.39, 0.29) is 28.6 Å². The molecular formula is C24H28F2N2O4S. The summed E-state index contributed by atoms with van der Waals surface area (Å²) in [5.41, 5.74) is 0.996. The van der Waals surface area contributed by atoms with Gasteiger partial charge >= 0.3 is 0 Å². The third-order valence-corrected chi connectivity index (χ3v) is 8.32. The van der Waals surface area contributed by atoms with Crippen molar-refractivity contribution in [2.45, 2.75) is 43.6 Å². The average molecular weight is 479 g/mol. The van der Waals surface area contributed by atoms with Crippen LogP contribution in [0.15, 0.2) is 47.4 Å². The molecular weight excluding hydrogens is 450 g/mol. The van der Waals surface area contributed by atoms with Crippen molar-refractivity contribution < 1.29 is 26.7 Å². The number of aryl methyl sites for hydroxylation is 1. The fraction of sp³-hybridized carbons (Fsp3) is 0.458. The van der Waals surface area contributed by atoms with Crippen LogP contribution in [-0.4, -0.2) is 55.8 Å². The molecule has 2 aromatic carbocycles. The quantitative estimate of drug-likeness (QED) is 0.657. The molecule has 6 nitrogen and oxygen atoms in total. The molecule has 0 aromatic heterocycles. The van der Waals surface area contributed by atoms with E-state index in [1.54, 1.807) is 29.2 Å². The van der Waals surface area contributed by atoms with E-state index in [0.717, 1.165) is 17.7 Å². The summed E-state index contributed by atoms with van der Waals surface area (Å²) in [4.78, 5) is 15.1. The second-order valence-electron chi connectivity index (χ2n) is 8.71. The zero-order valence-electron chi connectivity index (χ0n) is 18.5. The first-order chi connectivity index (χ1) is 15.7. The number of amides is 1. The van der Waals surface area contributed by atoms with E-state index >= 15 is 0 Å². The SMILES string of the molecule is Cc1ccc(S(=O)(=O)N2CCC(C(=O)N3CCC(Oc4ccc(F)cc4F)CC3)CC2)cc1. The summed E-state index contributed by atoms with van der Waals surface area (Å²) in [5.74, 6) is -1.54. The van der Waals surface area contributed by atoms with Crippen molar-refractivity contribution in [3.63, 3.8) is 0 Å². The highest BCUT2D eigenvalue weighted by Gasteiger charge is 2.35. The number of likely N-dealkylation sites (tertiary alicyclic amines) is 1. The molecule has 2 aliphatic heterocycles. The molecule has 1 amide bonds. The summed E-state index contributed by atoms with van der Waals surface area (Å²) < 4.78 is 59.7. The lowest BCUT2D eigenvalue weighted by atomic mass is 9.95. The van der Waals surface area contributed by atoms with Crippen LogP contribution in [0.4, 0.5) is 8.78 Å². The highest BCUT2D eigenvalue weighted by Crippen LogP contribution is 2.28. The van der Waals surface area contributed by atoms with E-state index < -0.39 is 21.7 Å². The fourth-order valence-electron chi connectivity index (χ4n) is 4.40. The van der Waals surface area contributed by atoms with Crippen molar-refractivity contribution in [1.29, 1.82) is 0 Å². The number of carbonyl (C=O) groups is 1. The van der Waals surface area contributed by atoms with Gasteiger partial charge in [0, 0.05) is 51.0 Å². The van der Waals surface area contributed by atoms with Gasteiger partial charge in [-0.15, -0.1) is 0 Å². The van der Waals surface area contributed by atoms with Crippen molar-refractivity contribution in [2.75, 3.05) is 26.2 Å². The van der Waals surface area contributed by atoms with Gasteiger partial charge in [-0.2, -0.15) is 4.31 Å². The molecule has 2 fully saturated rings. The standard InChI is InChI=1S/C24H28F2N2O4S/c1-17-2-5-21(6-3-17)33(30,31)28-14-8-18(9-15-28)24(29)27-12-10-20(11-13-27)32-23-7-4-19(25)16-22(23)26/h2-7,16,18,20H,8-15H2,1H3. The molecule has 2 aromatic rings. The minimum atomic E-state index is -3.56. The van der Waals surface area contributed by atoms with Crippen LogP contribution in [0.1, 0.15) is 31.2 Å². The molecule has 2 saturated heterocycles. The molecule has 178 valence electrons. The Morgan fingerprint density at radius 1 is 0.939 bits per heavy atom. The third-order valence-electron chi connectivity index (χ3n) is 6.40. The lowest BCUT2D eigenvalue weighted by molar-refractivity contribution is -0.138. The molecule has 0 unspecified atom stereocenters. The number of hydrogen-bond donors (Lipinski definition) is 0. The lowest BCUT2D eigenvalue weighted by Crippen LogP contribution is -2.47. The summed E-state index contributed by atoms with van der Waals surface area (Å²) in [6, 6.07) is 10.0. The Morgan fingerprint density at radius 3 is 2.18 bits per heavy atom. The Balaban J connectivity index is 1.27. The maximum Gasteiger partial charge on any atom is 0.243 e. The normalized spacial score (nSPS) is 18.9. The van der Waals surface area contributed by atoms with Crippen LogP contribution >= 0.6 is 0 Å². The van der Waals surface area contributed by atoms with Crippen molar-refractivity contribution in [3.8, 4) is 5.75 Å². The van der Waals surface area contributed by atoms with Crippen LogP contribution in [0.3, 0.4) is 0 Å². The highest BCUT2D eigenvalue weighted by atomic mass is 32.2. The van der Waals surface area contributed by atoms with Gasteiger partial charge in [-0.25, -0.2) is 17.2 Å². The minimum absolute atomic E-state index is 0.0170. The number of sulfonamides is 1. The van der Waals surface area contributed by atoms with E-state index in [1.807, 2.05) is 6.92 Å². The minimum Gasteiger partial charge on any atom is -0.487 e. The van der Waals surface area contributed by atoms with Crippen LogP contribution in [0.2, 0.25) is 0 Å². The van der Waals surface area contributed by atoms with E-state index in [4.69, 9.17) is 4.74 Å². The molecule has 4 rings (SSSR count). The number of nitrogens with zero attached hydrogens (tertiary/aromatic N) is 2. The van der Waals surface area contributed by atoms with Crippen LogP contribution in [0.5, 0.6) is 5.75 Å². The van der Waals surface area contributed by atoms with Crippen molar-refractivity contribution >= 4 is 15.9 Å². The number of ether oxygens (including phenoxy) is 1. The zero-order valence-corrected chi connectivity index (χ0v) is 19.4. The number of rotatable bonds is 5. The van der Waals surface area contributed by atoms with Gasteiger partial charge in [-0.1, -0.05) is 17.7 Å². The van der Waals surface area contributed by atoms with Crippen molar-refractivity contribution in [2.24, 2.45) is 5.92 Å². The van der Waals surface area contributed by atoms with Crippen LogP contribution in [0.25, 0.3) is 0 Å². The van der Waals surface area contributed by atoms with Crippen LogP contribution < -0.4 is 4.74 Å². The maximum atomic E-state index is 13.8. The Morgan fingerprint density at radius 2 is 1.58 bits per heavy atom. The Labute approximate surface area is 193 Å². The number of benzene rings is 2. The number of carbonyl (C=O) groups excluding carboxylic acids is 1. The summed E-state index contributed by atoms with van der Waals surface area (Å²) >= 11 is 0. The fourth-order valence-corrected chi connectivity index (χ4v) is 5.87. The highest BCUT2D eigenvalue weighted by molar-refractivity contribution is 7.89. The van der Waals surface area contributed by atoms with Gasteiger partial charge in [0.05, 0.1) is 4.90 Å². The van der Waals surface area contributed by atoms with Gasteiger partial charge in [0.25, 0.3) is 0 Å². The maximum absolute atomic E-state index is 13.8. The molecule has 0 spiro atoms. The largest absolute Gasteiger partial charge is 0.487 e. The van der Waals surface area contributed by atoms with Crippen LogP contribution in [-0.2, 0) is 14.8 Å². The van der Waals surface area contributed by atoms with Gasteiger partial charge in [0.2, 0.25) is 15.9 Å². The molecule has 0 saturated carbocycles. The first-order valence-electron chi connectivity index (χ1n) is 11.2. The second kappa shape index (κ2) is 9.77. The topological polar surface area (TPSA) is 66.9 Å². The molecule has 2 aliphatic rings. The summed E-state index contributed by atoms with van der Waals surface area (Å²) in [6.45, 7) is 3.53. The lowest BCUT2D eigenvalue weighted by Gasteiger charge is -2.37. The molecule has 0 atom stereocenters. The summed E-state index contributed by atoms with van der Waals surface area (Å²) in [6.07, 6.45) is 1.85. The van der Waals surface area contributed by atoms with E-state index in [2.05, 4.69) is 0 Å². The molecule has 0 aliphatic carbocycles. The molecule has 2 heterocycles. The van der Waals surface area contributed by atoms with Gasteiger partial charge in [-0.05, 0) is 44.0 Å². The Bertz CT molecular complexity index is 1090.